The Kier molecular flexibility index (Phi) is 10.9. The summed E-state index contributed by atoms with van der Waals surface area (Å²) in [4.78, 5) is 13.7. The van der Waals surface area contributed by atoms with Crippen LogP contribution in [0.2, 0.25) is 19.6 Å². The molecule has 0 N–H and O–H groups in total. The van der Waals surface area contributed by atoms with Crippen LogP contribution in [0.25, 0.3) is 44.5 Å². The first-order chi connectivity index (χ1) is 23.5. The van der Waals surface area contributed by atoms with Crippen molar-refractivity contribution >= 4 is 35.2 Å². The molecular weight excluding hydrogens is 807 g/mol. The van der Waals surface area contributed by atoms with Gasteiger partial charge in [-0.3, -0.25) is 0 Å². The Morgan fingerprint density at radius 3 is 2.34 bits per heavy atom. The van der Waals surface area contributed by atoms with Gasteiger partial charge in [0.15, 0.2) is 0 Å². The normalized spacial score (nSPS) is 18.8. The molecule has 0 amide bonds. The first-order valence-electron chi connectivity index (χ1n) is 18.1. The van der Waals surface area contributed by atoms with Gasteiger partial charge in [-0.05, 0) is 102 Å². The van der Waals surface area contributed by atoms with Crippen molar-refractivity contribution in [3.8, 4) is 22.5 Å². The number of fused-ring (bicyclic) bond motifs is 6. The average Bonchev–Trinajstić information content (AvgIpc) is 3.47. The van der Waals surface area contributed by atoms with Gasteiger partial charge in [0, 0.05) is 37.9 Å². The van der Waals surface area contributed by atoms with Gasteiger partial charge in [0.1, 0.15) is 5.58 Å². The molecule has 0 saturated heterocycles. The van der Waals surface area contributed by atoms with E-state index in [1.807, 2.05) is 48.8 Å². The van der Waals surface area contributed by atoms with Gasteiger partial charge in [0.2, 0.25) is 0 Å². The second-order valence-electron chi connectivity index (χ2n) is 16.6. The summed E-state index contributed by atoms with van der Waals surface area (Å²) in [6, 6.07) is 26.1. The Labute approximate surface area is 312 Å². The van der Waals surface area contributed by atoms with E-state index in [-0.39, 0.29) is 25.5 Å². The topological polar surface area (TPSA) is 51.8 Å². The van der Waals surface area contributed by atoms with Crippen molar-refractivity contribution < 1.29 is 24.5 Å². The standard InChI is InChI=1S/C25H23N2O.C19H26NSi.Ir/c1-2-4-24-20(3-1)21-14-26-15-22(25(21)28-24)23-13-17(9-10-27-23)12-19-11-16-5-7-18(19)8-6-16;1-19(2,3)13-16-12-17(15-10-8-7-9-11-15)20-14-18(16)21(4,5)6;/h1-4,9-10,13-14,16,18-19H,5-8,11-12H2;7-10,12,14H,13H2,1-6H3;/q2*-1;. The van der Waals surface area contributed by atoms with E-state index in [1.54, 1.807) is 0 Å². The third-order valence-electron chi connectivity index (χ3n) is 10.5. The molecule has 1 atom stereocenters. The molecule has 9 rings (SSSR count). The van der Waals surface area contributed by atoms with E-state index in [2.05, 4.69) is 99.2 Å². The Morgan fingerprint density at radius 2 is 1.64 bits per heavy atom. The molecule has 4 aromatic heterocycles. The molecule has 3 fully saturated rings. The van der Waals surface area contributed by atoms with Crippen molar-refractivity contribution in [3.05, 3.63) is 109 Å². The summed E-state index contributed by atoms with van der Waals surface area (Å²) < 4.78 is 6.16. The quantitative estimate of drug-likeness (QED) is 0.124. The molecule has 2 bridgehead atoms. The molecule has 0 spiro atoms. The van der Waals surface area contributed by atoms with E-state index >= 15 is 0 Å². The SMILES string of the molecule is CC(C)(C)Cc1cc(-c2[c-]cccc2)ncc1[Si](C)(C)C.[Ir].[c-]1ncc2c(oc3ccccc32)c1-c1cc(CC2CC3CCC2CC3)ccn1. The first-order valence-corrected chi connectivity index (χ1v) is 21.6. The van der Waals surface area contributed by atoms with Crippen LogP contribution in [0.15, 0.2) is 89.7 Å². The van der Waals surface area contributed by atoms with E-state index in [0.29, 0.717) is 0 Å². The number of nitrogens with zero attached hydrogens (tertiary/aromatic N) is 3. The van der Waals surface area contributed by atoms with Crippen LogP contribution in [0, 0.1) is 35.4 Å². The summed E-state index contributed by atoms with van der Waals surface area (Å²) in [5, 5.41) is 3.60. The molecule has 50 heavy (non-hydrogen) atoms. The molecule has 4 nitrogen and oxygen atoms in total. The van der Waals surface area contributed by atoms with Crippen LogP contribution < -0.4 is 5.19 Å². The predicted molar refractivity (Wildman–Crippen MR) is 205 cm³/mol. The van der Waals surface area contributed by atoms with Gasteiger partial charge in [-0.2, -0.15) is 0 Å². The molecule has 0 aliphatic heterocycles. The maximum absolute atomic E-state index is 6.16. The zero-order chi connectivity index (χ0) is 34.2. The Hall–Kier alpha value is -3.44. The van der Waals surface area contributed by atoms with Crippen molar-refractivity contribution in [2.45, 2.75) is 85.4 Å². The van der Waals surface area contributed by atoms with Crippen molar-refractivity contribution in [2.75, 3.05) is 0 Å². The summed E-state index contributed by atoms with van der Waals surface area (Å²) in [6.45, 7) is 14.1. The van der Waals surface area contributed by atoms with Crippen LogP contribution in [-0.4, -0.2) is 23.0 Å². The fraction of sp³-hybridized carbons (Fsp3) is 0.386. The number of para-hydroxylation sites is 1. The van der Waals surface area contributed by atoms with Crippen LogP contribution in [0.1, 0.15) is 64.0 Å². The van der Waals surface area contributed by atoms with Crippen molar-refractivity contribution in [1.29, 1.82) is 0 Å². The number of hydrogen-bond donors (Lipinski definition) is 0. The number of pyridine rings is 3. The molecule has 3 saturated carbocycles. The number of aromatic nitrogens is 3. The van der Waals surface area contributed by atoms with Crippen molar-refractivity contribution in [1.82, 2.24) is 15.0 Å². The largest absolute Gasteiger partial charge is 0.500 e. The van der Waals surface area contributed by atoms with E-state index in [1.165, 1.54) is 54.8 Å². The zero-order valence-corrected chi connectivity index (χ0v) is 33.7. The summed E-state index contributed by atoms with van der Waals surface area (Å²) in [5.41, 5.74) is 8.73. The molecule has 3 aliphatic rings. The summed E-state index contributed by atoms with van der Waals surface area (Å²) in [5.74, 6) is 2.73. The molecule has 3 aliphatic carbocycles. The number of benzene rings is 2. The van der Waals surface area contributed by atoms with Crippen molar-refractivity contribution in [2.24, 2.45) is 23.2 Å². The minimum absolute atomic E-state index is 0. The van der Waals surface area contributed by atoms with E-state index in [0.717, 1.165) is 68.6 Å². The predicted octanol–water partition coefficient (Wildman–Crippen LogP) is 10.9. The number of hydrogen-bond acceptors (Lipinski definition) is 4. The molecule has 6 aromatic rings. The number of furan rings is 1. The molecule has 1 radical (unpaired) electrons. The monoisotopic (exact) mass is 856 g/mol. The maximum atomic E-state index is 6.16. The van der Waals surface area contributed by atoms with Gasteiger partial charge in [-0.1, -0.05) is 100 Å². The first kappa shape index (κ1) is 36.4. The second-order valence-corrected chi connectivity index (χ2v) is 21.6. The minimum atomic E-state index is -1.37. The van der Waals surface area contributed by atoms with E-state index in [4.69, 9.17) is 9.40 Å². The average molecular weight is 856 g/mol. The number of rotatable bonds is 6. The summed E-state index contributed by atoms with van der Waals surface area (Å²) in [6.07, 6.45) is 18.5. The maximum Gasteiger partial charge on any atom is 0.121 e. The van der Waals surface area contributed by atoms with Gasteiger partial charge >= 0.3 is 0 Å². The van der Waals surface area contributed by atoms with E-state index < -0.39 is 8.07 Å². The molecular formula is C44H49IrN3OSi-2. The molecule has 6 heteroatoms. The fourth-order valence-electron chi connectivity index (χ4n) is 8.16. The Balaban J connectivity index is 0.000000177. The van der Waals surface area contributed by atoms with Crippen LogP contribution in [-0.2, 0) is 32.9 Å². The van der Waals surface area contributed by atoms with E-state index in [9.17, 15) is 0 Å². The van der Waals surface area contributed by atoms with Crippen LogP contribution >= 0.6 is 0 Å². The van der Waals surface area contributed by atoms with Crippen LogP contribution in [0.3, 0.4) is 0 Å². The minimum Gasteiger partial charge on any atom is -0.500 e. The van der Waals surface area contributed by atoms with Gasteiger partial charge in [-0.15, -0.1) is 35.9 Å². The van der Waals surface area contributed by atoms with Gasteiger partial charge < -0.3 is 19.4 Å². The third-order valence-corrected chi connectivity index (χ3v) is 12.6. The third kappa shape index (κ3) is 8.20. The Bertz CT molecular complexity index is 2050. The molecule has 2 aromatic carbocycles. The second kappa shape index (κ2) is 15.0. The van der Waals surface area contributed by atoms with Gasteiger partial charge in [0.25, 0.3) is 0 Å². The summed E-state index contributed by atoms with van der Waals surface area (Å²) in [7, 11) is -1.37. The van der Waals surface area contributed by atoms with Gasteiger partial charge in [-0.25, -0.2) is 0 Å². The fourth-order valence-corrected chi connectivity index (χ4v) is 9.74. The van der Waals surface area contributed by atoms with Crippen LogP contribution in [0.5, 0.6) is 0 Å². The van der Waals surface area contributed by atoms with Crippen molar-refractivity contribution in [3.63, 3.8) is 0 Å². The van der Waals surface area contributed by atoms with Crippen LogP contribution in [0.4, 0.5) is 0 Å². The summed E-state index contributed by atoms with van der Waals surface area (Å²) >= 11 is 0. The van der Waals surface area contributed by atoms with Gasteiger partial charge in [0.05, 0.1) is 13.7 Å². The molecule has 4 heterocycles. The molecule has 1 unspecified atom stereocenters. The smallest absolute Gasteiger partial charge is 0.121 e. The molecule has 261 valence electrons. The Morgan fingerprint density at radius 1 is 0.860 bits per heavy atom. The zero-order valence-electron chi connectivity index (χ0n) is 30.3.